The van der Waals surface area contributed by atoms with Crippen molar-refractivity contribution in [3.05, 3.63) is 112 Å². The first-order valence-electron chi connectivity index (χ1n) is 21.9. The lowest BCUT2D eigenvalue weighted by atomic mass is 9.97. The number of halogens is 3. The number of hydrogen-bond donors (Lipinski definition) is 2. The number of fused-ring (bicyclic) bond motifs is 2. The van der Waals surface area contributed by atoms with Crippen molar-refractivity contribution in [2.75, 3.05) is 73.4 Å². The number of carbonyl (C=O) groups excluding carboxylic acids is 3. The number of piperazine rings is 1. The number of alkyl halides is 1. The number of nitrogens with one attached hydrogen (secondary N) is 2. The Balaban J connectivity index is 0.746. The molecule has 0 radical (unpaired) electrons. The molecule has 0 saturated carbocycles. The van der Waals surface area contributed by atoms with Gasteiger partial charge >= 0.3 is 10.2 Å². The third kappa shape index (κ3) is 8.40. The molecule has 2 atom stereocenters. The topological polar surface area (TPSA) is 194 Å². The molecule has 0 spiro atoms. The highest BCUT2D eigenvalue weighted by molar-refractivity contribution is 7.90. The summed E-state index contributed by atoms with van der Waals surface area (Å²) in [5.41, 5.74) is 1.98. The lowest BCUT2D eigenvalue weighted by Gasteiger charge is -2.45. The van der Waals surface area contributed by atoms with Crippen LogP contribution in [-0.4, -0.2) is 121 Å². The van der Waals surface area contributed by atoms with Gasteiger partial charge in [-0.2, -0.15) is 18.0 Å². The second-order valence-electron chi connectivity index (χ2n) is 17.4. The normalized spacial score (nSPS) is 20.5. The van der Waals surface area contributed by atoms with E-state index in [1.165, 1.54) is 40.1 Å². The smallest absolute Gasteiger partial charge is 0.301 e. The lowest BCUT2D eigenvalue weighted by molar-refractivity contribution is -0.136. The Labute approximate surface area is 382 Å². The van der Waals surface area contributed by atoms with Crippen molar-refractivity contribution in [1.29, 1.82) is 5.26 Å². The molecule has 3 amide bonds. The predicted octanol–water partition coefficient (Wildman–Crippen LogP) is 4.05. The Morgan fingerprint density at radius 3 is 2.33 bits per heavy atom. The molecule has 0 aliphatic carbocycles. The number of imide groups is 1. The van der Waals surface area contributed by atoms with Crippen LogP contribution >= 0.6 is 0 Å². The number of carbonyl (C=O) groups is 3. The first-order valence-corrected chi connectivity index (χ1v) is 23.3. The number of anilines is 3. The Bertz CT molecular complexity index is 3060. The van der Waals surface area contributed by atoms with E-state index in [2.05, 4.69) is 29.7 Å². The van der Waals surface area contributed by atoms with Gasteiger partial charge in [-0.25, -0.2) is 18.2 Å². The van der Waals surface area contributed by atoms with Gasteiger partial charge in [0.05, 0.1) is 27.8 Å². The molecule has 10 rings (SSSR count). The zero-order chi connectivity index (χ0) is 46.7. The second-order valence-corrected chi connectivity index (χ2v) is 19.1. The maximum Gasteiger partial charge on any atom is 0.301 e. The summed E-state index contributed by atoms with van der Waals surface area (Å²) in [5.74, 6) is -3.18. The van der Waals surface area contributed by atoms with Gasteiger partial charge < -0.3 is 19.4 Å². The Hall–Kier alpha value is -7.02. The molecule has 2 unspecified atom stereocenters. The lowest BCUT2D eigenvalue weighted by Crippen LogP contribution is -2.55. The molecule has 2 N–H and O–H groups in total. The van der Waals surface area contributed by atoms with Crippen molar-refractivity contribution in [2.24, 2.45) is 5.92 Å². The largest absolute Gasteiger partial charge is 0.453 e. The molecule has 4 saturated heterocycles. The monoisotopic (exact) mass is 936 g/mol. The number of nitrogens with zero attached hydrogens (tertiary/aromatic N) is 8. The van der Waals surface area contributed by atoms with E-state index in [0.717, 1.165) is 67.9 Å². The van der Waals surface area contributed by atoms with Gasteiger partial charge in [0, 0.05) is 89.2 Å². The average molecular weight is 937 g/mol. The third-order valence-corrected chi connectivity index (χ3v) is 14.6. The number of aromatic nitrogens is 2. The minimum absolute atomic E-state index is 0.00158. The molecule has 17 nitrogen and oxygen atoms in total. The van der Waals surface area contributed by atoms with Gasteiger partial charge in [0.25, 0.3) is 11.5 Å². The highest BCUT2D eigenvalue weighted by Gasteiger charge is 2.41. The fourth-order valence-electron chi connectivity index (χ4n) is 9.53. The minimum atomic E-state index is -4.25. The quantitative estimate of drug-likeness (QED) is 0.181. The van der Waals surface area contributed by atoms with Crippen LogP contribution in [0.4, 0.5) is 30.2 Å². The van der Waals surface area contributed by atoms with E-state index in [1.54, 1.807) is 6.07 Å². The Morgan fingerprint density at radius 2 is 1.61 bits per heavy atom. The van der Waals surface area contributed by atoms with E-state index in [9.17, 15) is 37.2 Å². The standard InChI is InChI=1S/C46H43F3N10O7S/c47-29-11-12-57(25-29)67(64,65)53-39-8-6-36(48)43(35(39)20-50)66-33-5-7-38-34(19-33)45(62)59(26-51-38)31-3-1-30(2-4-31)55-15-13-54(14-16-55)21-27-22-56(23-27)32-17-28-24-58(46(63)42(28)37(49)18-32)40-9-10-41(60)52-44(40)61/h1-8,17-19,26-27,29,40,53H,9-16,21-25H2,(H,52,60,61). The van der Waals surface area contributed by atoms with Crippen LogP contribution < -0.4 is 30.1 Å². The molecule has 6 heterocycles. The predicted molar refractivity (Wildman–Crippen MR) is 239 cm³/mol. The van der Waals surface area contributed by atoms with Crippen LogP contribution in [0.5, 0.6) is 11.5 Å². The van der Waals surface area contributed by atoms with Crippen molar-refractivity contribution in [3.63, 3.8) is 0 Å². The third-order valence-electron chi connectivity index (χ3n) is 13.1. The number of nitriles is 1. The summed E-state index contributed by atoms with van der Waals surface area (Å²) >= 11 is 0. The maximum atomic E-state index is 15.3. The van der Waals surface area contributed by atoms with Crippen LogP contribution in [0.25, 0.3) is 16.6 Å². The van der Waals surface area contributed by atoms with E-state index in [4.69, 9.17) is 4.74 Å². The Morgan fingerprint density at radius 1 is 0.851 bits per heavy atom. The van der Waals surface area contributed by atoms with Gasteiger partial charge in [-0.15, -0.1) is 0 Å². The molecule has 67 heavy (non-hydrogen) atoms. The highest BCUT2D eigenvalue weighted by Crippen LogP contribution is 2.37. The SMILES string of the molecule is N#Cc1c(NS(=O)(=O)N2CCC(F)C2)ccc(F)c1Oc1ccc2ncn(-c3ccc(N4CCN(CC5CN(c6cc(F)c7c(c6)CN(C6CCC(=O)NC6=O)C7=O)C5)CC4)cc3)c(=O)c2c1. The molecule has 346 valence electrons. The molecule has 5 aliphatic heterocycles. The highest BCUT2D eigenvalue weighted by atomic mass is 32.2. The number of amides is 3. The summed E-state index contributed by atoms with van der Waals surface area (Å²) in [6, 6.07) is 18.1. The minimum Gasteiger partial charge on any atom is -0.453 e. The molecule has 5 aromatic rings. The molecule has 21 heteroatoms. The first kappa shape index (κ1) is 43.9. The maximum absolute atomic E-state index is 15.3. The number of benzene rings is 4. The van der Waals surface area contributed by atoms with E-state index in [1.807, 2.05) is 30.3 Å². The van der Waals surface area contributed by atoms with Crippen LogP contribution in [0.2, 0.25) is 0 Å². The summed E-state index contributed by atoms with van der Waals surface area (Å²) in [4.78, 5) is 63.6. The average Bonchev–Trinajstić information content (AvgIpc) is 3.89. The molecule has 0 bridgehead atoms. The van der Waals surface area contributed by atoms with Gasteiger partial charge in [-0.3, -0.25) is 38.7 Å². The van der Waals surface area contributed by atoms with Crippen LogP contribution in [0.3, 0.4) is 0 Å². The number of ether oxygens (including phenoxy) is 1. The van der Waals surface area contributed by atoms with E-state index >= 15 is 8.78 Å². The summed E-state index contributed by atoms with van der Waals surface area (Å²) in [5, 5.41) is 12.4. The Kier molecular flexibility index (Phi) is 11.3. The summed E-state index contributed by atoms with van der Waals surface area (Å²) in [6.07, 6.45) is 0.467. The first-order chi connectivity index (χ1) is 32.2. The van der Waals surface area contributed by atoms with Gasteiger partial charge in [-0.1, -0.05) is 0 Å². The van der Waals surface area contributed by atoms with Crippen molar-refractivity contribution in [1.82, 2.24) is 29.0 Å². The van der Waals surface area contributed by atoms with E-state index in [0.29, 0.717) is 28.4 Å². The van der Waals surface area contributed by atoms with Gasteiger partial charge in [0.2, 0.25) is 11.8 Å². The molecular weight excluding hydrogens is 894 g/mol. The molecule has 5 aliphatic rings. The molecular formula is C46H43F3N10O7S. The fraction of sp³-hybridized carbons (Fsp3) is 0.348. The van der Waals surface area contributed by atoms with E-state index in [-0.39, 0.29) is 67.2 Å². The fourth-order valence-corrected chi connectivity index (χ4v) is 10.8. The number of piperidine rings is 1. The number of hydrogen-bond acceptors (Lipinski definition) is 12. The molecule has 1 aromatic heterocycles. The van der Waals surface area contributed by atoms with Crippen LogP contribution in [0.1, 0.15) is 40.7 Å². The molecule has 4 fully saturated rings. The van der Waals surface area contributed by atoms with Gasteiger partial charge in [-0.05, 0) is 85.1 Å². The zero-order valence-corrected chi connectivity index (χ0v) is 36.6. The zero-order valence-electron chi connectivity index (χ0n) is 35.8. The summed E-state index contributed by atoms with van der Waals surface area (Å²) < 4.78 is 80.4. The number of rotatable bonds is 11. The van der Waals surface area contributed by atoms with Crippen LogP contribution in [0, 0.1) is 28.9 Å². The van der Waals surface area contributed by atoms with Crippen molar-refractivity contribution in [3.8, 4) is 23.3 Å². The van der Waals surface area contributed by atoms with E-state index < -0.39 is 62.7 Å². The van der Waals surface area contributed by atoms with Crippen LogP contribution in [-0.2, 0) is 26.3 Å². The summed E-state index contributed by atoms with van der Waals surface area (Å²) in [6.45, 7) is 5.33. The van der Waals surface area contributed by atoms with Crippen LogP contribution in [0.15, 0.2) is 77.9 Å². The van der Waals surface area contributed by atoms with Crippen molar-refractivity contribution in [2.45, 2.75) is 38.0 Å². The summed E-state index contributed by atoms with van der Waals surface area (Å²) in [7, 11) is -4.25. The molecule has 4 aromatic carbocycles. The van der Waals surface area contributed by atoms with Gasteiger partial charge in [0.1, 0.15) is 41.7 Å². The van der Waals surface area contributed by atoms with Crippen molar-refractivity contribution < 1.29 is 40.7 Å². The second kappa shape index (κ2) is 17.3. The van der Waals surface area contributed by atoms with Gasteiger partial charge in [0.15, 0.2) is 11.6 Å². The van der Waals surface area contributed by atoms with Crippen molar-refractivity contribution >= 4 is 55.9 Å².